The lowest BCUT2D eigenvalue weighted by molar-refractivity contribution is 0.267. The summed E-state index contributed by atoms with van der Waals surface area (Å²) < 4.78 is 5.86. The molecule has 0 spiro atoms. The molecule has 1 atom stereocenters. The van der Waals surface area contributed by atoms with E-state index in [2.05, 4.69) is 31.2 Å². The number of unbranched alkanes of at least 4 members (excludes halogenated alkanes) is 4. The summed E-state index contributed by atoms with van der Waals surface area (Å²) >= 11 is 0. The van der Waals surface area contributed by atoms with Crippen molar-refractivity contribution < 1.29 is 9.84 Å². The summed E-state index contributed by atoms with van der Waals surface area (Å²) in [6.45, 7) is 3.07. The summed E-state index contributed by atoms with van der Waals surface area (Å²) in [6, 6.07) is 6.16. The first kappa shape index (κ1) is 17.0. The van der Waals surface area contributed by atoms with Crippen molar-refractivity contribution in [3.8, 4) is 5.75 Å². The summed E-state index contributed by atoms with van der Waals surface area (Å²) in [6.07, 6.45) is 10.2. The van der Waals surface area contributed by atoms with Gasteiger partial charge in [0, 0.05) is 6.04 Å². The van der Waals surface area contributed by atoms with Gasteiger partial charge in [-0.15, -0.1) is 0 Å². The maximum atomic E-state index is 9.09. The second kappa shape index (κ2) is 8.96. The fourth-order valence-electron chi connectivity index (χ4n) is 2.92. The average Bonchev–Trinajstić information content (AvgIpc) is 2.93. The van der Waals surface area contributed by atoms with E-state index in [4.69, 9.17) is 15.6 Å². The second-order valence-electron chi connectivity index (χ2n) is 6.16. The molecule has 1 aliphatic carbocycles. The number of rotatable bonds is 10. The number of nitrogens with two attached hydrogens (primary N) is 1. The topological polar surface area (TPSA) is 55.5 Å². The van der Waals surface area contributed by atoms with E-state index in [0.717, 1.165) is 31.6 Å². The number of hydrogen-bond acceptors (Lipinski definition) is 3. The van der Waals surface area contributed by atoms with Gasteiger partial charge >= 0.3 is 0 Å². The zero-order chi connectivity index (χ0) is 15.8. The minimum Gasteiger partial charge on any atom is -0.494 e. The molecule has 0 aliphatic heterocycles. The predicted octanol–water partition coefficient (Wildman–Crippen LogP) is 3.69. The summed E-state index contributed by atoms with van der Waals surface area (Å²) in [5.74, 6) is 0.968. The van der Waals surface area contributed by atoms with Crippen molar-refractivity contribution in [2.45, 2.75) is 57.9 Å². The van der Waals surface area contributed by atoms with Gasteiger partial charge in [0.25, 0.3) is 0 Å². The Labute approximate surface area is 134 Å². The van der Waals surface area contributed by atoms with Crippen LogP contribution in [0, 0.1) is 0 Å². The molecule has 0 aromatic heterocycles. The monoisotopic (exact) mass is 303 g/mol. The van der Waals surface area contributed by atoms with Gasteiger partial charge in [0.05, 0.1) is 13.2 Å². The highest BCUT2D eigenvalue weighted by Gasteiger charge is 2.16. The highest BCUT2D eigenvalue weighted by molar-refractivity contribution is 5.74. The summed E-state index contributed by atoms with van der Waals surface area (Å²) in [4.78, 5) is 0. The quantitative estimate of drug-likeness (QED) is 0.648. The highest BCUT2D eigenvalue weighted by Crippen LogP contribution is 2.32. The van der Waals surface area contributed by atoms with E-state index in [1.807, 2.05) is 0 Å². The molecule has 1 aromatic carbocycles. The molecule has 122 valence electrons. The van der Waals surface area contributed by atoms with Crippen LogP contribution in [-0.4, -0.2) is 24.4 Å². The number of allylic oxidation sites excluding steroid dienone is 1. The van der Waals surface area contributed by atoms with Gasteiger partial charge in [0.2, 0.25) is 0 Å². The van der Waals surface area contributed by atoms with Crippen molar-refractivity contribution in [2.75, 3.05) is 13.2 Å². The van der Waals surface area contributed by atoms with Crippen molar-refractivity contribution in [3.63, 3.8) is 0 Å². The van der Waals surface area contributed by atoms with Crippen LogP contribution < -0.4 is 10.5 Å². The van der Waals surface area contributed by atoms with Crippen molar-refractivity contribution >= 4 is 5.57 Å². The lowest BCUT2D eigenvalue weighted by atomic mass is 10.00. The lowest BCUT2D eigenvalue weighted by Crippen LogP contribution is -2.24. The average molecular weight is 303 g/mol. The van der Waals surface area contributed by atoms with Crippen LogP contribution in [0.1, 0.15) is 56.6 Å². The van der Waals surface area contributed by atoms with Crippen LogP contribution in [0.5, 0.6) is 5.75 Å². The van der Waals surface area contributed by atoms with Gasteiger partial charge in [-0.1, -0.05) is 44.7 Å². The maximum absolute atomic E-state index is 9.09. The third kappa shape index (κ3) is 4.85. The SMILES string of the molecule is CCCCCCCOc1ccc2c(c1)CC=C2CC(N)CO. The molecule has 3 nitrogen and oxygen atoms in total. The van der Waals surface area contributed by atoms with E-state index in [1.165, 1.54) is 42.4 Å². The van der Waals surface area contributed by atoms with Crippen LogP contribution >= 0.6 is 0 Å². The summed E-state index contributed by atoms with van der Waals surface area (Å²) in [7, 11) is 0. The molecule has 1 aromatic rings. The zero-order valence-corrected chi connectivity index (χ0v) is 13.7. The fourth-order valence-corrected chi connectivity index (χ4v) is 2.92. The van der Waals surface area contributed by atoms with E-state index < -0.39 is 0 Å². The molecule has 0 radical (unpaired) electrons. The number of ether oxygens (including phenoxy) is 1. The van der Waals surface area contributed by atoms with E-state index in [0.29, 0.717) is 0 Å². The van der Waals surface area contributed by atoms with Crippen LogP contribution in [0.4, 0.5) is 0 Å². The van der Waals surface area contributed by atoms with E-state index in [-0.39, 0.29) is 12.6 Å². The molecule has 1 aliphatic rings. The molecule has 0 heterocycles. The molecular formula is C19H29NO2. The Morgan fingerprint density at radius 1 is 1.23 bits per heavy atom. The van der Waals surface area contributed by atoms with Crippen molar-refractivity contribution in [1.82, 2.24) is 0 Å². The Morgan fingerprint density at radius 3 is 2.82 bits per heavy atom. The summed E-state index contributed by atoms with van der Waals surface area (Å²) in [5.41, 5.74) is 9.66. The van der Waals surface area contributed by atoms with Gasteiger partial charge in [0.1, 0.15) is 5.75 Å². The van der Waals surface area contributed by atoms with Crippen LogP contribution in [0.25, 0.3) is 5.57 Å². The van der Waals surface area contributed by atoms with Crippen LogP contribution in [-0.2, 0) is 6.42 Å². The number of aliphatic hydroxyl groups excluding tert-OH is 1. The van der Waals surface area contributed by atoms with Crippen molar-refractivity contribution in [2.24, 2.45) is 5.73 Å². The van der Waals surface area contributed by atoms with Gasteiger partial charge in [-0.3, -0.25) is 0 Å². The largest absolute Gasteiger partial charge is 0.494 e. The first-order valence-electron chi connectivity index (χ1n) is 8.56. The third-order valence-corrected chi connectivity index (χ3v) is 4.22. The predicted molar refractivity (Wildman–Crippen MR) is 92.1 cm³/mol. The fraction of sp³-hybridized carbons (Fsp3) is 0.579. The summed E-state index contributed by atoms with van der Waals surface area (Å²) in [5, 5.41) is 9.09. The van der Waals surface area contributed by atoms with Gasteiger partial charge in [-0.05, 0) is 48.1 Å². The number of aliphatic hydroxyl groups is 1. The van der Waals surface area contributed by atoms with Gasteiger partial charge < -0.3 is 15.6 Å². The molecule has 0 fully saturated rings. The first-order chi connectivity index (χ1) is 10.7. The minimum atomic E-state index is -0.170. The van der Waals surface area contributed by atoms with Gasteiger partial charge in [0.15, 0.2) is 0 Å². The van der Waals surface area contributed by atoms with Crippen LogP contribution in [0.15, 0.2) is 24.3 Å². The van der Waals surface area contributed by atoms with Gasteiger partial charge in [-0.2, -0.15) is 0 Å². The van der Waals surface area contributed by atoms with Crippen molar-refractivity contribution in [1.29, 1.82) is 0 Å². The lowest BCUT2D eigenvalue weighted by Gasteiger charge is -2.12. The van der Waals surface area contributed by atoms with E-state index in [9.17, 15) is 0 Å². The van der Waals surface area contributed by atoms with E-state index in [1.54, 1.807) is 0 Å². The molecular weight excluding hydrogens is 274 g/mol. The van der Waals surface area contributed by atoms with Crippen molar-refractivity contribution in [3.05, 3.63) is 35.4 Å². The number of benzene rings is 1. The molecule has 2 rings (SSSR count). The zero-order valence-electron chi connectivity index (χ0n) is 13.7. The minimum absolute atomic E-state index is 0.0336. The molecule has 22 heavy (non-hydrogen) atoms. The molecule has 0 amide bonds. The standard InChI is InChI=1S/C19H29NO2/c1-2-3-4-5-6-11-22-18-9-10-19-15(12-17(20)14-21)7-8-16(19)13-18/h7,9-10,13,17,21H,2-6,8,11-12,14,20H2,1H3. The Morgan fingerprint density at radius 2 is 2.05 bits per heavy atom. The molecule has 0 saturated heterocycles. The molecule has 0 saturated carbocycles. The second-order valence-corrected chi connectivity index (χ2v) is 6.16. The van der Waals surface area contributed by atoms with Gasteiger partial charge in [-0.25, -0.2) is 0 Å². The molecule has 0 bridgehead atoms. The smallest absolute Gasteiger partial charge is 0.119 e. The first-order valence-corrected chi connectivity index (χ1v) is 8.56. The molecule has 1 unspecified atom stereocenters. The third-order valence-electron chi connectivity index (χ3n) is 4.22. The Kier molecular flexibility index (Phi) is 6.94. The molecule has 3 heteroatoms. The Balaban J connectivity index is 1.81. The van der Waals surface area contributed by atoms with Crippen LogP contribution in [0.2, 0.25) is 0 Å². The van der Waals surface area contributed by atoms with Crippen LogP contribution in [0.3, 0.4) is 0 Å². The Bertz CT molecular complexity index is 496. The Hall–Kier alpha value is -1.32. The van der Waals surface area contributed by atoms with E-state index >= 15 is 0 Å². The normalized spacial score (nSPS) is 14.6. The maximum Gasteiger partial charge on any atom is 0.119 e. The number of fused-ring (bicyclic) bond motifs is 1. The highest BCUT2D eigenvalue weighted by atomic mass is 16.5. The number of hydrogen-bond donors (Lipinski definition) is 2. The molecule has 3 N–H and O–H groups in total.